The van der Waals surface area contributed by atoms with E-state index in [-0.39, 0.29) is 5.56 Å². The van der Waals surface area contributed by atoms with Crippen molar-refractivity contribution >= 4 is 12.0 Å². The second kappa shape index (κ2) is 5.51. The number of rotatable bonds is 2. The number of esters is 1. The van der Waals surface area contributed by atoms with Gasteiger partial charge in [-0.1, -0.05) is 18.2 Å². The van der Waals surface area contributed by atoms with E-state index >= 15 is 0 Å². The quantitative estimate of drug-likeness (QED) is 0.795. The average molecular weight is 329 g/mol. The maximum absolute atomic E-state index is 14.4. The number of carbonyl (C=O) groups is 1. The Hall–Kier alpha value is -2.56. The third-order valence-electron chi connectivity index (χ3n) is 3.65. The Bertz CT molecular complexity index is 894. The van der Waals surface area contributed by atoms with E-state index in [9.17, 15) is 13.6 Å². The van der Waals surface area contributed by atoms with Crippen LogP contribution in [0.5, 0.6) is 0 Å². The zero-order valence-corrected chi connectivity index (χ0v) is 13.6. The number of fused-ring (bicyclic) bond motifs is 1. The lowest BCUT2D eigenvalue weighted by Crippen LogP contribution is -2.38. The van der Waals surface area contributed by atoms with Gasteiger partial charge in [0.2, 0.25) is 5.54 Å². The summed E-state index contributed by atoms with van der Waals surface area (Å²) in [7, 11) is 0. The standard InChI is InChI=1S/C19H17F2NO2/c1-18(2,3)24-17(23)19(14-9-8-13(20)10-15(14)21)11-12-6-4-5-7-16(12)22-19/h4-11H,1-3H3. The normalized spacial score (nSPS) is 19.2. The molecule has 0 bridgehead atoms. The van der Waals surface area contributed by atoms with Crippen LogP contribution in [0.2, 0.25) is 0 Å². The van der Waals surface area contributed by atoms with Gasteiger partial charge in [-0.05, 0) is 50.3 Å². The van der Waals surface area contributed by atoms with Crippen molar-refractivity contribution in [2.45, 2.75) is 31.9 Å². The van der Waals surface area contributed by atoms with E-state index in [1.807, 2.05) is 0 Å². The van der Waals surface area contributed by atoms with E-state index in [0.717, 1.165) is 12.1 Å². The Morgan fingerprint density at radius 3 is 2.46 bits per heavy atom. The Balaban J connectivity index is 2.24. The Labute approximate surface area is 138 Å². The number of hydrogen-bond donors (Lipinski definition) is 0. The van der Waals surface area contributed by atoms with Crippen LogP contribution in [0.25, 0.3) is 6.08 Å². The van der Waals surface area contributed by atoms with E-state index in [1.54, 1.807) is 51.1 Å². The molecule has 0 saturated heterocycles. The molecule has 24 heavy (non-hydrogen) atoms. The van der Waals surface area contributed by atoms with Crippen LogP contribution in [0.3, 0.4) is 0 Å². The summed E-state index contributed by atoms with van der Waals surface area (Å²) in [5.74, 6) is -2.25. The minimum Gasteiger partial charge on any atom is -0.458 e. The maximum atomic E-state index is 14.4. The number of para-hydroxylation sites is 1. The van der Waals surface area contributed by atoms with Gasteiger partial charge in [-0.3, -0.25) is 4.99 Å². The molecule has 1 atom stereocenters. The number of ether oxygens (including phenoxy) is 1. The molecule has 1 unspecified atom stereocenters. The molecule has 0 radical (unpaired) electrons. The van der Waals surface area contributed by atoms with Crippen molar-refractivity contribution in [3.05, 3.63) is 70.2 Å². The topological polar surface area (TPSA) is 38.7 Å². The van der Waals surface area contributed by atoms with Crippen molar-refractivity contribution in [1.82, 2.24) is 0 Å². The van der Waals surface area contributed by atoms with Crippen molar-refractivity contribution in [2.75, 3.05) is 0 Å². The molecule has 3 rings (SSSR count). The largest absolute Gasteiger partial charge is 0.458 e. The van der Waals surface area contributed by atoms with E-state index < -0.39 is 28.7 Å². The van der Waals surface area contributed by atoms with Gasteiger partial charge in [0, 0.05) is 11.6 Å². The molecular weight excluding hydrogens is 312 g/mol. The first-order valence-electron chi connectivity index (χ1n) is 7.58. The van der Waals surface area contributed by atoms with Crippen LogP contribution in [-0.4, -0.2) is 11.6 Å². The third kappa shape index (κ3) is 2.82. The van der Waals surface area contributed by atoms with Gasteiger partial charge in [0.25, 0.3) is 0 Å². The first-order chi connectivity index (χ1) is 11.2. The molecule has 2 aromatic carbocycles. The summed E-state index contributed by atoms with van der Waals surface area (Å²) in [5, 5.41) is 1.26. The van der Waals surface area contributed by atoms with Gasteiger partial charge in [0.1, 0.15) is 17.2 Å². The molecule has 0 amide bonds. The number of nitrogens with zero attached hydrogens (tertiary/aromatic N) is 1. The molecular formula is C19H17F2NO2. The molecule has 0 aliphatic carbocycles. The van der Waals surface area contributed by atoms with E-state index in [4.69, 9.17) is 4.74 Å². The van der Waals surface area contributed by atoms with E-state index in [2.05, 4.69) is 4.99 Å². The smallest absolute Gasteiger partial charge is 0.343 e. The fourth-order valence-corrected chi connectivity index (χ4v) is 2.67. The van der Waals surface area contributed by atoms with Crippen LogP contribution < -0.4 is 10.6 Å². The Morgan fingerprint density at radius 2 is 1.83 bits per heavy atom. The minimum atomic E-state index is -1.66. The lowest BCUT2D eigenvalue weighted by Gasteiger charge is -2.28. The van der Waals surface area contributed by atoms with E-state index in [0.29, 0.717) is 10.6 Å². The van der Waals surface area contributed by atoms with E-state index in [1.165, 1.54) is 6.07 Å². The van der Waals surface area contributed by atoms with Crippen molar-refractivity contribution in [1.29, 1.82) is 0 Å². The first-order valence-corrected chi connectivity index (χ1v) is 7.58. The lowest BCUT2D eigenvalue weighted by atomic mass is 9.90. The number of carbonyl (C=O) groups excluding carboxylic acids is 1. The molecule has 1 heterocycles. The molecule has 0 fully saturated rings. The summed E-state index contributed by atoms with van der Waals surface area (Å²) in [6.45, 7) is 5.17. The highest BCUT2D eigenvalue weighted by atomic mass is 19.1. The van der Waals surface area contributed by atoms with Gasteiger partial charge >= 0.3 is 5.97 Å². The SMILES string of the molecule is CC(C)(C)OC(=O)C1(c2ccc(F)cc2F)C=c2ccccc2=N1. The minimum absolute atomic E-state index is 0.0330. The lowest BCUT2D eigenvalue weighted by molar-refractivity contribution is -0.159. The molecule has 0 saturated carbocycles. The van der Waals surface area contributed by atoms with Crippen molar-refractivity contribution in [2.24, 2.45) is 4.99 Å². The molecule has 3 nitrogen and oxygen atoms in total. The van der Waals surface area contributed by atoms with Gasteiger partial charge in [0.05, 0.1) is 5.36 Å². The van der Waals surface area contributed by atoms with Crippen LogP contribution >= 0.6 is 0 Å². The Morgan fingerprint density at radius 1 is 1.12 bits per heavy atom. The van der Waals surface area contributed by atoms with Gasteiger partial charge < -0.3 is 4.74 Å². The highest BCUT2D eigenvalue weighted by Crippen LogP contribution is 2.34. The molecule has 1 aliphatic heterocycles. The number of hydrogen-bond acceptors (Lipinski definition) is 3. The fraction of sp³-hybridized carbons (Fsp3) is 0.263. The van der Waals surface area contributed by atoms with Crippen LogP contribution in [-0.2, 0) is 15.1 Å². The highest BCUT2D eigenvalue weighted by molar-refractivity contribution is 5.91. The second-order valence-electron chi connectivity index (χ2n) is 6.71. The molecule has 0 spiro atoms. The number of halogens is 2. The molecule has 5 heteroatoms. The maximum Gasteiger partial charge on any atom is 0.343 e. The van der Waals surface area contributed by atoms with Crippen molar-refractivity contribution in [3.63, 3.8) is 0 Å². The first kappa shape index (κ1) is 16.3. The van der Waals surface area contributed by atoms with Crippen molar-refractivity contribution < 1.29 is 18.3 Å². The Kier molecular flexibility index (Phi) is 3.74. The average Bonchev–Trinajstić information content (AvgIpc) is 2.85. The predicted octanol–water partition coefficient (Wildman–Crippen LogP) is 2.62. The van der Waals surface area contributed by atoms with Crippen molar-refractivity contribution in [3.8, 4) is 0 Å². The van der Waals surface area contributed by atoms with Gasteiger partial charge in [-0.2, -0.15) is 0 Å². The molecule has 2 aromatic rings. The zero-order valence-electron chi connectivity index (χ0n) is 13.6. The van der Waals surface area contributed by atoms with Crippen LogP contribution in [0, 0.1) is 11.6 Å². The molecule has 0 N–H and O–H groups in total. The second-order valence-corrected chi connectivity index (χ2v) is 6.71. The summed E-state index contributed by atoms with van der Waals surface area (Å²) in [5.41, 5.74) is -2.46. The molecule has 1 aliphatic rings. The molecule has 0 aromatic heterocycles. The van der Waals surface area contributed by atoms with Gasteiger partial charge in [0.15, 0.2) is 0 Å². The summed E-state index contributed by atoms with van der Waals surface area (Å²) in [6.07, 6.45) is 1.56. The fourth-order valence-electron chi connectivity index (χ4n) is 2.67. The monoisotopic (exact) mass is 329 g/mol. The van der Waals surface area contributed by atoms with Crippen LogP contribution in [0.15, 0.2) is 47.5 Å². The molecule has 124 valence electrons. The zero-order chi connectivity index (χ0) is 17.5. The van der Waals surface area contributed by atoms with Crippen LogP contribution in [0.1, 0.15) is 26.3 Å². The summed E-state index contributed by atoms with van der Waals surface area (Å²) in [6, 6.07) is 10.2. The summed E-state index contributed by atoms with van der Waals surface area (Å²) >= 11 is 0. The van der Waals surface area contributed by atoms with Gasteiger partial charge in [-0.15, -0.1) is 0 Å². The van der Waals surface area contributed by atoms with Crippen LogP contribution in [0.4, 0.5) is 8.78 Å². The summed E-state index contributed by atoms with van der Waals surface area (Å²) < 4.78 is 33.2. The number of benzene rings is 2. The third-order valence-corrected chi connectivity index (χ3v) is 3.65. The predicted molar refractivity (Wildman–Crippen MR) is 85.6 cm³/mol. The van der Waals surface area contributed by atoms with Gasteiger partial charge in [-0.25, -0.2) is 13.6 Å². The highest BCUT2D eigenvalue weighted by Gasteiger charge is 2.45. The summed E-state index contributed by atoms with van der Waals surface area (Å²) in [4.78, 5) is 17.3.